The van der Waals surface area contributed by atoms with E-state index in [-0.39, 0.29) is 11.3 Å². The molecule has 0 aliphatic heterocycles. The van der Waals surface area contributed by atoms with Crippen LogP contribution in [0, 0.1) is 0 Å². The molecule has 0 bridgehead atoms. The van der Waals surface area contributed by atoms with E-state index >= 15 is 0 Å². The first-order chi connectivity index (χ1) is 8.53. The first-order valence-corrected chi connectivity index (χ1v) is 5.22. The smallest absolute Gasteiger partial charge is 0.340 e. The number of benzene rings is 1. The highest BCUT2D eigenvalue weighted by atomic mass is 35.5. The molecule has 0 aromatic heterocycles. The number of carbonyl (C=O) groups is 2. The highest BCUT2D eigenvalue weighted by molar-refractivity contribution is 6.65. The second kappa shape index (κ2) is 6.11. The standard InChI is InChI=1S/C11H12ClNO5/c1-16-8-4-6(10(14)18-3)7(13-11(12)15)5-9(8)17-2/h4-5H,1-3H3,(H,13,15). The number of carbonyl (C=O) groups excluding carboxylic acids is 2. The van der Waals surface area contributed by atoms with Crippen LogP contribution >= 0.6 is 11.6 Å². The van der Waals surface area contributed by atoms with Gasteiger partial charge in [0.1, 0.15) is 0 Å². The van der Waals surface area contributed by atoms with Gasteiger partial charge in [0.15, 0.2) is 11.5 Å². The van der Waals surface area contributed by atoms with Crippen LogP contribution in [0.3, 0.4) is 0 Å². The van der Waals surface area contributed by atoms with Crippen molar-refractivity contribution in [3.8, 4) is 11.5 Å². The molecule has 0 atom stereocenters. The van der Waals surface area contributed by atoms with Crippen molar-refractivity contribution < 1.29 is 23.8 Å². The van der Waals surface area contributed by atoms with Gasteiger partial charge < -0.3 is 19.5 Å². The van der Waals surface area contributed by atoms with Crippen molar-refractivity contribution >= 4 is 28.6 Å². The molecule has 0 aliphatic rings. The average Bonchev–Trinajstić information content (AvgIpc) is 2.36. The minimum absolute atomic E-state index is 0.115. The first kappa shape index (κ1) is 14.1. The topological polar surface area (TPSA) is 73.9 Å². The van der Waals surface area contributed by atoms with Crippen LogP contribution in [-0.2, 0) is 4.74 Å². The lowest BCUT2D eigenvalue weighted by Crippen LogP contribution is -2.10. The number of amides is 1. The lowest BCUT2D eigenvalue weighted by atomic mass is 10.1. The first-order valence-electron chi connectivity index (χ1n) is 4.84. The van der Waals surface area contributed by atoms with Gasteiger partial charge in [-0.25, -0.2) is 4.79 Å². The van der Waals surface area contributed by atoms with Crippen LogP contribution < -0.4 is 14.8 Å². The van der Waals surface area contributed by atoms with E-state index in [0.717, 1.165) is 0 Å². The number of methoxy groups -OCH3 is 3. The fourth-order valence-electron chi connectivity index (χ4n) is 1.37. The van der Waals surface area contributed by atoms with E-state index in [2.05, 4.69) is 10.1 Å². The third-order valence-electron chi connectivity index (χ3n) is 2.16. The van der Waals surface area contributed by atoms with Crippen LogP contribution in [0.4, 0.5) is 10.5 Å². The summed E-state index contributed by atoms with van der Waals surface area (Å²) in [4.78, 5) is 22.4. The number of hydrogen-bond donors (Lipinski definition) is 1. The fraction of sp³-hybridized carbons (Fsp3) is 0.273. The number of hydrogen-bond acceptors (Lipinski definition) is 5. The summed E-state index contributed by atoms with van der Waals surface area (Å²) in [7, 11) is 4.09. The summed E-state index contributed by atoms with van der Waals surface area (Å²) >= 11 is 5.23. The van der Waals surface area contributed by atoms with E-state index in [0.29, 0.717) is 11.5 Å². The molecule has 1 N–H and O–H groups in total. The number of halogens is 1. The van der Waals surface area contributed by atoms with Gasteiger partial charge in [-0.3, -0.25) is 4.79 Å². The fourth-order valence-corrected chi connectivity index (χ4v) is 1.47. The van der Waals surface area contributed by atoms with Crippen LogP contribution in [0.5, 0.6) is 11.5 Å². The second-order valence-corrected chi connectivity index (χ2v) is 3.49. The SMILES string of the molecule is COC(=O)c1cc(OC)c(OC)cc1NC(=O)Cl. The number of anilines is 1. The van der Waals surface area contributed by atoms with E-state index in [4.69, 9.17) is 21.1 Å². The zero-order valence-electron chi connectivity index (χ0n) is 10.1. The van der Waals surface area contributed by atoms with Gasteiger partial charge in [0.2, 0.25) is 0 Å². The minimum Gasteiger partial charge on any atom is -0.493 e. The Bertz CT molecular complexity index is 475. The van der Waals surface area contributed by atoms with Gasteiger partial charge in [-0.2, -0.15) is 0 Å². The Morgan fingerprint density at radius 2 is 1.67 bits per heavy atom. The van der Waals surface area contributed by atoms with Gasteiger partial charge in [-0.05, 0) is 11.6 Å². The van der Waals surface area contributed by atoms with Gasteiger partial charge in [-0.1, -0.05) is 0 Å². The number of rotatable bonds is 4. The van der Waals surface area contributed by atoms with Gasteiger partial charge in [0.05, 0.1) is 32.6 Å². The lowest BCUT2D eigenvalue weighted by molar-refractivity contribution is 0.0601. The van der Waals surface area contributed by atoms with E-state index < -0.39 is 11.3 Å². The molecule has 1 aromatic rings. The van der Waals surface area contributed by atoms with Crippen molar-refractivity contribution in [3.05, 3.63) is 17.7 Å². The summed E-state index contributed by atoms with van der Waals surface area (Å²) < 4.78 is 14.7. The quantitative estimate of drug-likeness (QED) is 0.517. The summed E-state index contributed by atoms with van der Waals surface area (Å²) in [6.07, 6.45) is 0. The van der Waals surface area contributed by atoms with Crippen molar-refractivity contribution in [3.63, 3.8) is 0 Å². The third kappa shape index (κ3) is 3.04. The number of nitrogens with one attached hydrogen (secondary N) is 1. The maximum absolute atomic E-state index is 11.6. The molecule has 0 aliphatic carbocycles. The maximum Gasteiger partial charge on any atom is 0.340 e. The molecule has 1 amide bonds. The van der Waals surface area contributed by atoms with E-state index in [9.17, 15) is 9.59 Å². The summed E-state index contributed by atoms with van der Waals surface area (Å²) in [6, 6.07) is 2.82. The van der Waals surface area contributed by atoms with Crippen LogP contribution in [0.2, 0.25) is 0 Å². The highest BCUT2D eigenvalue weighted by Gasteiger charge is 2.18. The Morgan fingerprint density at radius 3 is 2.11 bits per heavy atom. The van der Waals surface area contributed by atoms with Gasteiger partial charge >= 0.3 is 11.3 Å². The van der Waals surface area contributed by atoms with Crippen molar-refractivity contribution in [2.75, 3.05) is 26.6 Å². The molecule has 0 saturated heterocycles. The average molecular weight is 274 g/mol. The summed E-state index contributed by atoms with van der Waals surface area (Å²) in [5.41, 5.74) is 0.295. The van der Waals surface area contributed by atoms with Gasteiger partial charge in [0, 0.05) is 12.1 Å². The van der Waals surface area contributed by atoms with Crippen molar-refractivity contribution in [2.24, 2.45) is 0 Å². The molecule has 0 fully saturated rings. The second-order valence-electron chi connectivity index (χ2n) is 3.14. The Balaban J connectivity index is 3.35. The zero-order chi connectivity index (χ0) is 13.7. The molecule has 98 valence electrons. The van der Waals surface area contributed by atoms with Crippen LogP contribution in [0.15, 0.2) is 12.1 Å². The van der Waals surface area contributed by atoms with Crippen LogP contribution in [0.1, 0.15) is 10.4 Å². The zero-order valence-corrected chi connectivity index (χ0v) is 10.8. The van der Waals surface area contributed by atoms with E-state index in [1.807, 2.05) is 0 Å². The molecule has 18 heavy (non-hydrogen) atoms. The Morgan fingerprint density at radius 1 is 1.11 bits per heavy atom. The predicted molar refractivity (Wildman–Crippen MR) is 65.8 cm³/mol. The Hall–Kier alpha value is -1.95. The van der Waals surface area contributed by atoms with Crippen molar-refractivity contribution in [1.29, 1.82) is 0 Å². The van der Waals surface area contributed by atoms with E-state index in [1.54, 1.807) is 0 Å². The molecule has 1 rings (SSSR count). The predicted octanol–water partition coefficient (Wildman–Crippen LogP) is 2.26. The summed E-state index contributed by atoms with van der Waals surface area (Å²) in [5.74, 6) is 0.0624. The van der Waals surface area contributed by atoms with Crippen LogP contribution in [0.25, 0.3) is 0 Å². The molecule has 0 radical (unpaired) electrons. The molecule has 7 heteroatoms. The largest absolute Gasteiger partial charge is 0.493 e. The molecule has 6 nitrogen and oxygen atoms in total. The van der Waals surface area contributed by atoms with Gasteiger partial charge in [0.25, 0.3) is 0 Å². The molecule has 0 saturated carbocycles. The van der Waals surface area contributed by atoms with Gasteiger partial charge in [-0.15, -0.1) is 0 Å². The molecular formula is C11H12ClNO5. The maximum atomic E-state index is 11.6. The molecule has 0 unspecified atom stereocenters. The van der Waals surface area contributed by atoms with Crippen molar-refractivity contribution in [2.45, 2.75) is 0 Å². The molecule has 0 heterocycles. The molecular weight excluding hydrogens is 262 g/mol. The number of ether oxygens (including phenoxy) is 3. The summed E-state index contributed by atoms with van der Waals surface area (Å²) in [6.45, 7) is 0. The molecule has 0 spiro atoms. The highest BCUT2D eigenvalue weighted by Crippen LogP contribution is 2.33. The summed E-state index contributed by atoms with van der Waals surface area (Å²) in [5, 5.41) is 1.48. The lowest BCUT2D eigenvalue weighted by Gasteiger charge is -2.13. The normalized spacial score (nSPS) is 9.56. The third-order valence-corrected chi connectivity index (χ3v) is 2.26. The minimum atomic E-state index is -0.827. The van der Waals surface area contributed by atoms with E-state index in [1.165, 1.54) is 33.5 Å². The van der Waals surface area contributed by atoms with Crippen molar-refractivity contribution in [1.82, 2.24) is 0 Å². The monoisotopic (exact) mass is 273 g/mol. The van der Waals surface area contributed by atoms with Crippen LogP contribution in [-0.4, -0.2) is 32.7 Å². The Kier molecular flexibility index (Phi) is 4.79. The molecule has 1 aromatic carbocycles. The Labute approximate surface area is 109 Å². The number of esters is 1.